The molecule has 0 amide bonds. The first-order valence-corrected chi connectivity index (χ1v) is 5.50. The van der Waals surface area contributed by atoms with E-state index in [1.54, 1.807) is 0 Å². The molecule has 0 bridgehead atoms. The minimum Gasteiger partial charge on any atom is -0.264 e. The normalized spacial score (nSPS) is 10.7. The Bertz CT molecular complexity index is 451. The zero-order valence-corrected chi connectivity index (χ0v) is 8.59. The maximum absolute atomic E-state index is 10.8. The molecule has 0 aromatic heterocycles. The van der Waals surface area contributed by atoms with Crippen molar-refractivity contribution >= 4 is 10.3 Å². The quantitative estimate of drug-likeness (QED) is 0.436. The fourth-order valence-electron chi connectivity index (χ4n) is 0.978. The first-order valence-electron chi connectivity index (χ1n) is 4.14. The summed E-state index contributed by atoms with van der Waals surface area (Å²) in [7, 11) is -4.09. The van der Waals surface area contributed by atoms with Crippen molar-refractivity contribution < 1.29 is 12.6 Å². The Morgan fingerprint density at radius 2 is 2.00 bits per heavy atom. The first kappa shape index (κ1) is 11.5. The molecule has 80 valence electrons. The highest BCUT2D eigenvalue weighted by atomic mass is 32.2. The summed E-state index contributed by atoms with van der Waals surface area (Å²) in [6, 6.07) is 9.25. The molecule has 0 heterocycles. The van der Waals surface area contributed by atoms with Crippen molar-refractivity contribution in [2.45, 2.75) is 6.42 Å². The smallest absolute Gasteiger partial charge is 0.264 e. The predicted molar refractivity (Wildman–Crippen MR) is 54.2 cm³/mol. The maximum Gasteiger partial charge on any atom is 0.358 e. The highest BCUT2D eigenvalue weighted by molar-refractivity contribution is 7.85. The Labute approximate surface area is 87.4 Å². The molecule has 0 fully saturated rings. The lowest BCUT2D eigenvalue weighted by atomic mass is 10.2. The lowest BCUT2D eigenvalue weighted by molar-refractivity contribution is 0.322. The van der Waals surface area contributed by atoms with E-state index in [0.717, 1.165) is 5.56 Å². The number of hydrogen-bond donors (Lipinski definition) is 0. The van der Waals surface area contributed by atoms with Gasteiger partial charge in [0.25, 0.3) is 0 Å². The van der Waals surface area contributed by atoms with Gasteiger partial charge in [0.15, 0.2) is 0 Å². The molecule has 0 aliphatic heterocycles. The monoisotopic (exact) mass is 227 g/mol. The second kappa shape index (κ2) is 5.35. The summed E-state index contributed by atoms with van der Waals surface area (Å²) in [5, 5.41) is 0. The Morgan fingerprint density at radius 3 is 2.60 bits per heavy atom. The van der Waals surface area contributed by atoms with Crippen molar-refractivity contribution in [3.63, 3.8) is 0 Å². The predicted octanol–water partition coefficient (Wildman–Crippen LogP) is 1.80. The molecule has 0 N–H and O–H groups in total. The average Bonchev–Trinajstić information content (AvgIpc) is 2.19. The maximum atomic E-state index is 10.8. The SMILES string of the molecule is [N-]=[N+]=NS(=O)(=O)OCCc1ccccc1. The van der Waals surface area contributed by atoms with Crippen molar-refractivity contribution in [3.05, 3.63) is 46.3 Å². The lowest BCUT2D eigenvalue weighted by Crippen LogP contribution is -2.04. The van der Waals surface area contributed by atoms with Crippen molar-refractivity contribution in [1.82, 2.24) is 0 Å². The molecule has 6 nitrogen and oxygen atoms in total. The van der Waals surface area contributed by atoms with E-state index in [2.05, 4.69) is 13.6 Å². The molecule has 1 aromatic rings. The number of nitrogens with zero attached hydrogens (tertiary/aromatic N) is 3. The molecule has 1 rings (SSSR count). The van der Waals surface area contributed by atoms with E-state index < -0.39 is 10.3 Å². The Kier molecular flexibility index (Phi) is 4.11. The van der Waals surface area contributed by atoms with Crippen LogP contribution in [0.15, 0.2) is 34.9 Å². The Hall–Kier alpha value is -1.56. The van der Waals surface area contributed by atoms with E-state index in [9.17, 15) is 8.42 Å². The van der Waals surface area contributed by atoms with Gasteiger partial charge in [-0.3, -0.25) is 4.18 Å². The summed E-state index contributed by atoms with van der Waals surface area (Å²) in [6.45, 7) is -0.0363. The summed E-state index contributed by atoms with van der Waals surface area (Å²) in [5.74, 6) is 0. The third-order valence-corrected chi connectivity index (χ3v) is 2.34. The zero-order chi connectivity index (χ0) is 11.1. The van der Waals surface area contributed by atoms with Gasteiger partial charge in [0, 0.05) is 4.91 Å². The van der Waals surface area contributed by atoms with Crippen molar-refractivity contribution in [2.75, 3.05) is 6.61 Å². The molecule has 0 atom stereocenters. The van der Waals surface area contributed by atoms with Crippen LogP contribution < -0.4 is 0 Å². The molecule has 0 saturated carbocycles. The third kappa shape index (κ3) is 4.46. The summed E-state index contributed by atoms with van der Waals surface area (Å²) in [4.78, 5) is 2.15. The van der Waals surface area contributed by atoms with Crippen LogP contribution in [0.1, 0.15) is 5.56 Å². The average molecular weight is 227 g/mol. The number of rotatable bonds is 5. The van der Waals surface area contributed by atoms with Crippen molar-refractivity contribution in [3.8, 4) is 0 Å². The van der Waals surface area contributed by atoms with Gasteiger partial charge in [-0.15, -0.1) is 0 Å². The summed E-state index contributed by atoms with van der Waals surface area (Å²) >= 11 is 0. The summed E-state index contributed by atoms with van der Waals surface area (Å²) < 4.78 is 28.5. The van der Waals surface area contributed by atoms with E-state index in [0.29, 0.717) is 6.42 Å². The van der Waals surface area contributed by atoms with E-state index in [1.165, 1.54) is 0 Å². The first-order chi connectivity index (χ1) is 7.14. The minimum atomic E-state index is -4.09. The minimum absolute atomic E-state index is 0.0363. The van der Waals surface area contributed by atoms with Crippen LogP contribution in [-0.2, 0) is 20.9 Å². The Balaban J connectivity index is 2.44. The molecular formula is C8H9N3O3S. The van der Waals surface area contributed by atoms with Crippen LogP contribution in [0.5, 0.6) is 0 Å². The zero-order valence-electron chi connectivity index (χ0n) is 7.78. The number of benzene rings is 1. The van der Waals surface area contributed by atoms with Crippen LogP contribution in [0.4, 0.5) is 0 Å². The lowest BCUT2D eigenvalue weighted by Gasteiger charge is -2.00. The van der Waals surface area contributed by atoms with E-state index in [-0.39, 0.29) is 6.61 Å². The summed E-state index contributed by atoms with van der Waals surface area (Å²) in [5.41, 5.74) is 8.87. The van der Waals surface area contributed by atoms with Crippen LogP contribution in [0.3, 0.4) is 0 Å². The van der Waals surface area contributed by atoms with Gasteiger partial charge in [-0.2, -0.15) is 8.42 Å². The van der Waals surface area contributed by atoms with E-state index in [1.807, 2.05) is 30.3 Å². The topological polar surface area (TPSA) is 92.1 Å². The van der Waals surface area contributed by atoms with Crippen LogP contribution in [0.2, 0.25) is 0 Å². The van der Waals surface area contributed by atoms with Crippen LogP contribution in [-0.4, -0.2) is 15.0 Å². The van der Waals surface area contributed by atoms with Crippen LogP contribution in [0.25, 0.3) is 10.4 Å². The third-order valence-electron chi connectivity index (χ3n) is 1.60. The summed E-state index contributed by atoms with van der Waals surface area (Å²) in [6.07, 6.45) is 0.445. The molecule has 7 heteroatoms. The van der Waals surface area contributed by atoms with Gasteiger partial charge in [0.05, 0.1) is 11.1 Å². The fourth-order valence-corrected chi connectivity index (χ4v) is 1.41. The molecule has 0 aliphatic carbocycles. The highest BCUT2D eigenvalue weighted by Gasteiger charge is 2.06. The Morgan fingerprint density at radius 1 is 1.33 bits per heavy atom. The fraction of sp³-hybridized carbons (Fsp3) is 0.250. The number of hydrogen-bond acceptors (Lipinski definition) is 3. The standard InChI is InChI=1S/C8H9N3O3S/c9-10-11-15(12,13)14-7-6-8-4-2-1-3-5-8/h1-5H,6-7H2. The van der Waals surface area contributed by atoms with Crippen LogP contribution in [0, 0.1) is 0 Å². The van der Waals surface area contributed by atoms with Crippen molar-refractivity contribution in [2.24, 2.45) is 4.52 Å². The molecule has 0 saturated heterocycles. The highest BCUT2D eigenvalue weighted by Crippen LogP contribution is 2.02. The van der Waals surface area contributed by atoms with Gasteiger partial charge in [0.2, 0.25) is 0 Å². The molecule has 1 aromatic carbocycles. The molecule has 0 spiro atoms. The van der Waals surface area contributed by atoms with Crippen LogP contribution >= 0.6 is 0 Å². The van der Waals surface area contributed by atoms with Gasteiger partial charge >= 0.3 is 10.3 Å². The van der Waals surface area contributed by atoms with Crippen molar-refractivity contribution in [1.29, 1.82) is 0 Å². The molecular weight excluding hydrogens is 218 g/mol. The van der Waals surface area contributed by atoms with Gasteiger partial charge in [-0.1, -0.05) is 30.3 Å². The van der Waals surface area contributed by atoms with Gasteiger partial charge in [-0.25, -0.2) is 0 Å². The molecule has 0 unspecified atom stereocenters. The molecule has 0 radical (unpaired) electrons. The van der Waals surface area contributed by atoms with Gasteiger partial charge < -0.3 is 0 Å². The molecule has 0 aliphatic rings. The van der Waals surface area contributed by atoms with Gasteiger partial charge in [-0.05, 0) is 17.5 Å². The second-order valence-corrected chi connectivity index (χ2v) is 3.91. The molecule has 15 heavy (non-hydrogen) atoms. The van der Waals surface area contributed by atoms with E-state index in [4.69, 9.17) is 5.53 Å². The number of azide groups is 1. The largest absolute Gasteiger partial charge is 0.358 e. The van der Waals surface area contributed by atoms with Gasteiger partial charge in [0.1, 0.15) is 0 Å². The van der Waals surface area contributed by atoms with E-state index >= 15 is 0 Å². The second-order valence-electron chi connectivity index (χ2n) is 2.66.